The van der Waals surface area contributed by atoms with Crippen molar-refractivity contribution >= 4 is 17.3 Å². The number of rotatable bonds is 4. The fourth-order valence-electron chi connectivity index (χ4n) is 1.15. The normalized spacial score (nSPS) is 10.7. The van der Waals surface area contributed by atoms with Crippen LogP contribution in [0.1, 0.15) is 27.3 Å². The van der Waals surface area contributed by atoms with Crippen LogP contribution in [0.3, 0.4) is 0 Å². The summed E-state index contributed by atoms with van der Waals surface area (Å²) in [6, 6.07) is 0. The molecule has 0 saturated carbocycles. The minimum Gasteiger partial charge on any atom is -0.461 e. The van der Waals surface area contributed by atoms with Crippen molar-refractivity contribution < 1.29 is 9.53 Å². The van der Waals surface area contributed by atoms with E-state index in [4.69, 9.17) is 4.74 Å². The van der Waals surface area contributed by atoms with Crippen molar-refractivity contribution in [3.05, 3.63) is 15.6 Å². The number of thiazole rings is 1. The van der Waals surface area contributed by atoms with Gasteiger partial charge in [0.2, 0.25) is 5.01 Å². The van der Waals surface area contributed by atoms with E-state index in [0.29, 0.717) is 11.6 Å². The summed E-state index contributed by atoms with van der Waals surface area (Å²) in [5.74, 6) is -0.324. The van der Waals surface area contributed by atoms with Crippen molar-refractivity contribution in [3.63, 3.8) is 0 Å². The number of carbonyl (C=O) groups is 1. The molecule has 84 valence electrons. The molecule has 1 aromatic heterocycles. The average Bonchev–Trinajstić information content (AvgIpc) is 2.47. The van der Waals surface area contributed by atoms with Gasteiger partial charge in [-0.1, -0.05) is 0 Å². The molecule has 0 aromatic carbocycles. The molecular formula is C10H16N2O2S. The van der Waals surface area contributed by atoms with Crippen molar-refractivity contribution in [2.24, 2.45) is 0 Å². The van der Waals surface area contributed by atoms with Crippen LogP contribution in [-0.2, 0) is 11.3 Å². The Morgan fingerprint density at radius 1 is 1.53 bits per heavy atom. The third kappa shape index (κ3) is 3.28. The molecule has 0 bridgehead atoms. The molecule has 5 heteroatoms. The fourth-order valence-corrected chi connectivity index (χ4v) is 1.97. The zero-order chi connectivity index (χ0) is 11.4. The molecule has 0 saturated heterocycles. The van der Waals surface area contributed by atoms with Gasteiger partial charge in [0.05, 0.1) is 12.3 Å². The van der Waals surface area contributed by atoms with Crippen molar-refractivity contribution in [2.45, 2.75) is 20.4 Å². The first-order valence-corrected chi connectivity index (χ1v) is 5.64. The molecule has 4 nitrogen and oxygen atoms in total. The van der Waals surface area contributed by atoms with E-state index in [9.17, 15) is 4.79 Å². The summed E-state index contributed by atoms with van der Waals surface area (Å²) in [5.41, 5.74) is 0.952. The lowest BCUT2D eigenvalue weighted by atomic mass is 10.4. The van der Waals surface area contributed by atoms with Crippen LogP contribution in [0.4, 0.5) is 0 Å². The number of ether oxygens (including phenoxy) is 1. The third-order valence-electron chi connectivity index (χ3n) is 1.81. The van der Waals surface area contributed by atoms with Crippen LogP contribution in [0.15, 0.2) is 0 Å². The Hall–Kier alpha value is -0.940. The van der Waals surface area contributed by atoms with E-state index in [1.54, 1.807) is 6.92 Å². The van der Waals surface area contributed by atoms with Gasteiger partial charge >= 0.3 is 5.97 Å². The minimum atomic E-state index is -0.324. The molecule has 0 unspecified atom stereocenters. The van der Waals surface area contributed by atoms with Crippen molar-refractivity contribution in [2.75, 3.05) is 20.7 Å². The molecule has 1 aromatic rings. The van der Waals surface area contributed by atoms with E-state index < -0.39 is 0 Å². The van der Waals surface area contributed by atoms with Gasteiger partial charge in [0.15, 0.2) is 0 Å². The lowest BCUT2D eigenvalue weighted by Gasteiger charge is -2.06. The highest BCUT2D eigenvalue weighted by atomic mass is 32.1. The summed E-state index contributed by atoms with van der Waals surface area (Å²) in [6.07, 6.45) is 0. The van der Waals surface area contributed by atoms with Gasteiger partial charge in [0.1, 0.15) is 0 Å². The number of nitrogens with zero attached hydrogens (tertiary/aromatic N) is 2. The van der Waals surface area contributed by atoms with Gasteiger partial charge in [-0.05, 0) is 27.9 Å². The van der Waals surface area contributed by atoms with E-state index in [-0.39, 0.29) is 5.97 Å². The van der Waals surface area contributed by atoms with E-state index in [1.807, 2.05) is 25.9 Å². The molecule has 0 fully saturated rings. The summed E-state index contributed by atoms with van der Waals surface area (Å²) < 4.78 is 4.90. The number of aromatic nitrogens is 1. The van der Waals surface area contributed by atoms with Crippen molar-refractivity contribution in [3.8, 4) is 0 Å². The Kier molecular flexibility index (Phi) is 4.23. The average molecular weight is 228 g/mol. The highest BCUT2D eigenvalue weighted by Gasteiger charge is 2.15. The summed E-state index contributed by atoms with van der Waals surface area (Å²) >= 11 is 1.39. The van der Waals surface area contributed by atoms with Crippen LogP contribution in [0, 0.1) is 6.92 Å². The second-order valence-corrected chi connectivity index (χ2v) is 4.68. The summed E-state index contributed by atoms with van der Waals surface area (Å²) in [6.45, 7) is 4.90. The zero-order valence-corrected chi connectivity index (χ0v) is 10.3. The predicted molar refractivity (Wildman–Crippen MR) is 60.2 cm³/mol. The van der Waals surface area contributed by atoms with Crippen LogP contribution in [0.25, 0.3) is 0 Å². The highest BCUT2D eigenvalue weighted by Crippen LogP contribution is 2.19. The van der Waals surface area contributed by atoms with Gasteiger partial charge in [0, 0.05) is 11.4 Å². The molecule has 0 atom stereocenters. The third-order valence-corrected chi connectivity index (χ3v) is 2.80. The maximum absolute atomic E-state index is 11.4. The fraction of sp³-hybridized carbons (Fsp3) is 0.600. The van der Waals surface area contributed by atoms with Gasteiger partial charge in [-0.3, -0.25) is 0 Å². The van der Waals surface area contributed by atoms with Gasteiger partial charge < -0.3 is 9.64 Å². The lowest BCUT2D eigenvalue weighted by Crippen LogP contribution is -2.12. The van der Waals surface area contributed by atoms with Gasteiger partial charge in [0.25, 0.3) is 0 Å². The molecule has 15 heavy (non-hydrogen) atoms. The number of esters is 1. The van der Waals surface area contributed by atoms with Gasteiger partial charge in [-0.2, -0.15) is 0 Å². The minimum absolute atomic E-state index is 0.324. The number of hydrogen-bond acceptors (Lipinski definition) is 5. The predicted octanol–water partition coefficient (Wildman–Crippen LogP) is 1.69. The number of carbonyl (C=O) groups excluding carboxylic acids is 1. The molecule has 0 aliphatic rings. The standard InChI is InChI=1S/C10H16N2O2S/c1-5-14-10(13)9-11-8(6-12(3)4)7(2)15-9/h5-6H2,1-4H3. The molecule has 0 radical (unpaired) electrons. The van der Waals surface area contributed by atoms with E-state index in [1.165, 1.54) is 11.3 Å². The van der Waals surface area contributed by atoms with Crippen LogP contribution in [-0.4, -0.2) is 36.6 Å². The first-order chi connectivity index (χ1) is 7.04. The molecule has 1 rings (SSSR count). The Morgan fingerprint density at radius 2 is 2.20 bits per heavy atom. The zero-order valence-electron chi connectivity index (χ0n) is 9.53. The number of aryl methyl sites for hydroxylation is 1. The molecule has 0 aliphatic carbocycles. The molecule has 1 heterocycles. The highest BCUT2D eigenvalue weighted by molar-refractivity contribution is 7.13. The Balaban J connectivity index is 2.80. The Morgan fingerprint density at radius 3 is 2.73 bits per heavy atom. The van der Waals surface area contributed by atoms with Crippen LogP contribution in [0.5, 0.6) is 0 Å². The molecule has 0 amide bonds. The van der Waals surface area contributed by atoms with Crippen LogP contribution in [0.2, 0.25) is 0 Å². The maximum atomic E-state index is 11.4. The molecule has 0 spiro atoms. The largest absolute Gasteiger partial charge is 0.461 e. The van der Waals surface area contributed by atoms with E-state index in [2.05, 4.69) is 4.98 Å². The smallest absolute Gasteiger partial charge is 0.367 e. The number of hydrogen-bond donors (Lipinski definition) is 0. The molecule has 0 N–H and O–H groups in total. The van der Waals surface area contributed by atoms with Crippen LogP contribution >= 0.6 is 11.3 Å². The van der Waals surface area contributed by atoms with E-state index >= 15 is 0 Å². The maximum Gasteiger partial charge on any atom is 0.367 e. The summed E-state index contributed by atoms with van der Waals surface area (Å²) in [4.78, 5) is 18.8. The quantitative estimate of drug-likeness (QED) is 0.735. The van der Waals surface area contributed by atoms with Crippen LogP contribution < -0.4 is 0 Å². The topological polar surface area (TPSA) is 42.4 Å². The first kappa shape index (κ1) is 12.1. The van der Waals surface area contributed by atoms with Crippen molar-refractivity contribution in [1.29, 1.82) is 0 Å². The second kappa shape index (κ2) is 5.23. The van der Waals surface area contributed by atoms with E-state index in [0.717, 1.165) is 17.1 Å². The first-order valence-electron chi connectivity index (χ1n) is 4.82. The summed E-state index contributed by atoms with van der Waals surface area (Å²) in [5, 5.41) is 0.450. The Labute approximate surface area is 93.9 Å². The lowest BCUT2D eigenvalue weighted by molar-refractivity contribution is 0.0525. The molecule has 0 aliphatic heterocycles. The SMILES string of the molecule is CCOC(=O)c1nc(CN(C)C)c(C)s1. The van der Waals surface area contributed by atoms with Crippen molar-refractivity contribution in [1.82, 2.24) is 9.88 Å². The molecular weight excluding hydrogens is 212 g/mol. The van der Waals surface area contributed by atoms with Gasteiger partial charge in [-0.15, -0.1) is 11.3 Å². The monoisotopic (exact) mass is 228 g/mol. The van der Waals surface area contributed by atoms with Gasteiger partial charge in [-0.25, -0.2) is 9.78 Å². The Bertz CT molecular complexity index is 347. The second-order valence-electron chi connectivity index (χ2n) is 3.48. The summed E-state index contributed by atoms with van der Waals surface area (Å²) in [7, 11) is 3.95.